The van der Waals surface area contributed by atoms with E-state index in [1.165, 1.54) is 0 Å². The Morgan fingerprint density at radius 1 is 1.37 bits per heavy atom. The molecule has 0 aliphatic carbocycles. The third-order valence-corrected chi connectivity index (χ3v) is 2.98. The molecule has 0 fully saturated rings. The zero-order chi connectivity index (χ0) is 14.1. The van der Waals surface area contributed by atoms with Gasteiger partial charge < -0.3 is 16.3 Å². The number of rotatable bonds is 7. The third-order valence-electron chi connectivity index (χ3n) is 2.98. The highest BCUT2D eigenvalue weighted by atomic mass is 16.4. The van der Waals surface area contributed by atoms with Crippen molar-refractivity contribution in [2.75, 3.05) is 6.54 Å². The maximum Gasteiger partial charge on any atom is 0.227 e. The second-order valence-electron chi connectivity index (χ2n) is 4.47. The molecular formula is C14H21N3O2. The lowest BCUT2D eigenvalue weighted by atomic mass is 10.0. The average Bonchev–Trinajstić information content (AvgIpc) is 2.46. The molecule has 1 aromatic rings. The van der Waals surface area contributed by atoms with Crippen molar-refractivity contribution in [2.24, 2.45) is 10.9 Å². The fraction of sp³-hybridized carbons (Fsp3) is 0.429. The lowest BCUT2D eigenvalue weighted by Gasteiger charge is -2.12. The van der Waals surface area contributed by atoms with E-state index in [9.17, 15) is 4.79 Å². The normalized spacial score (nSPS) is 13.0. The van der Waals surface area contributed by atoms with E-state index in [4.69, 9.17) is 10.9 Å². The molecule has 0 saturated heterocycles. The smallest absolute Gasteiger partial charge is 0.227 e. The molecule has 0 saturated carbocycles. The van der Waals surface area contributed by atoms with Crippen LogP contribution in [0.3, 0.4) is 0 Å². The number of nitrogens with two attached hydrogens (primary N) is 1. The second-order valence-corrected chi connectivity index (χ2v) is 4.47. The van der Waals surface area contributed by atoms with E-state index in [1.54, 1.807) is 0 Å². The second kappa shape index (κ2) is 8.13. The van der Waals surface area contributed by atoms with Crippen molar-refractivity contribution in [3.63, 3.8) is 0 Å². The Hall–Kier alpha value is -2.04. The van der Waals surface area contributed by atoms with Crippen LogP contribution < -0.4 is 11.1 Å². The van der Waals surface area contributed by atoms with Gasteiger partial charge in [0.05, 0.1) is 5.92 Å². The molecule has 0 aliphatic rings. The summed E-state index contributed by atoms with van der Waals surface area (Å²) in [5, 5.41) is 14.2. The minimum atomic E-state index is -0.148. The summed E-state index contributed by atoms with van der Waals surface area (Å²) in [5.74, 6) is 0.101. The summed E-state index contributed by atoms with van der Waals surface area (Å²) in [7, 11) is 0. The molecule has 1 unspecified atom stereocenters. The van der Waals surface area contributed by atoms with Crippen molar-refractivity contribution in [1.29, 1.82) is 0 Å². The molecule has 5 nitrogen and oxygen atoms in total. The number of amides is 1. The van der Waals surface area contributed by atoms with Crippen molar-refractivity contribution in [3.8, 4) is 0 Å². The molecule has 1 amide bonds. The molecule has 1 atom stereocenters. The molecule has 1 aromatic carbocycles. The lowest BCUT2D eigenvalue weighted by Crippen LogP contribution is -2.29. The van der Waals surface area contributed by atoms with Crippen LogP contribution in [0.15, 0.2) is 35.5 Å². The van der Waals surface area contributed by atoms with Gasteiger partial charge in [-0.3, -0.25) is 4.79 Å². The number of unbranched alkanes of at least 4 members (excludes halogenated alkanes) is 1. The molecule has 0 aromatic heterocycles. The van der Waals surface area contributed by atoms with Crippen LogP contribution in [0.25, 0.3) is 0 Å². The molecule has 0 bridgehead atoms. The van der Waals surface area contributed by atoms with Crippen molar-refractivity contribution >= 4 is 11.7 Å². The van der Waals surface area contributed by atoms with E-state index >= 15 is 0 Å². The van der Waals surface area contributed by atoms with Crippen LogP contribution in [0, 0.1) is 0 Å². The van der Waals surface area contributed by atoms with E-state index in [2.05, 4.69) is 10.5 Å². The number of amidine groups is 1. The lowest BCUT2D eigenvalue weighted by molar-refractivity contribution is -0.122. The van der Waals surface area contributed by atoms with Crippen LogP contribution in [0.1, 0.15) is 37.7 Å². The number of hydrogen-bond donors (Lipinski definition) is 3. The third kappa shape index (κ3) is 5.42. The summed E-state index contributed by atoms with van der Waals surface area (Å²) in [4.78, 5) is 11.9. The fourth-order valence-corrected chi connectivity index (χ4v) is 1.74. The molecule has 104 valence electrons. The maximum atomic E-state index is 11.9. The summed E-state index contributed by atoms with van der Waals surface area (Å²) in [6.45, 7) is 2.50. The maximum absolute atomic E-state index is 11.9. The highest BCUT2D eigenvalue weighted by Gasteiger charge is 2.13. The molecular weight excluding hydrogens is 242 g/mol. The molecule has 4 N–H and O–H groups in total. The molecule has 0 aliphatic heterocycles. The zero-order valence-electron chi connectivity index (χ0n) is 11.2. The monoisotopic (exact) mass is 263 g/mol. The molecule has 0 heterocycles. The van der Waals surface area contributed by atoms with Crippen LogP contribution in [-0.4, -0.2) is 23.5 Å². The quantitative estimate of drug-likeness (QED) is 0.230. The highest BCUT2D eigenvalue weighted by Crippen LogP contribution is 2.14. The number of carbonyl (C=O) groups excluding carboxylic acids is 1. The van der Waals surface area contributed by atoms with Crippen LogP contribution >= 0.6 is 0 Å². The van der Waals surface area contributed by atoms with Crippen LogP contribution in [0.4, 0.5) is 0 Å². The standard InChI is InChI=1S/C14H21N3O2/c1-11(12-7-3-2-4-8-12)14(18)16-10-6-5-9-13(15)17-19/h2-4,7-8,11,19H,5-6,9-10H2,1H3,(H2,15,17)(H,16,18). The number of carbonyl (C=O) groups is 1. The first-order chi connectivity index (χ1) is 9.15. The Morgan fingerprint density at radius 3 is 2.68 bits per heavy atom. The van der Waals surface area contributed by atoms with Gasteiger partial charge in [0.15, 0.2) is 0 Å². The van der Waals surface area contributed by atoms with E-state index in [0.717, 1.165) is 18.4 Å². The van der Waals surface area contributed by atoms with Gasteiger partial charge in [0.25, 0.3) is 0 Å². The van der Waals surface area contributed by atoms with Crippen molar-refractivity contribution < 1.29 is 10.0 Å². The van der Waals surface area contributed by atoms with Gasteiger partial charge in [-0.15, -0.1) is 0 Å². The van der Waals surface area contributed by atoms with Gasteiger partial charge in [-0.2, -0.15) is 0 Å². The minimum Gasteiger partial charge on any atom is -0.409 e. The first kappa shape index (κ1) is 15.0. The number of benzene rings is 1. The van der Waals surface area contributed by atoms with Crippen molar-refractivity contribution in [2.45, 2.75) is 32.1 Å². The Morgan fingerprint density at radius 2 is 2.05 bits per heavy atom. The predicted molar refractivity (Wildman–Crippen MR) is 75.1 cm³/mol. The summed E-state index contributed by atoms with van der Waals surface area (Å²) in [6, 6.07) is 9.68. The topological polar surface area (TPSA) is 87.7 Å². The first-order valence-electron chi connectivity index (χ1n) is 6.44. The number of oxime groups is 1. The number of nitrogens with zero attached hydrogens (tertiary/aromatic N) is 1. The van der Waals surface area contributed by atoms with Crippen molar-refractivity contribution in [1.82, 2.24) is 5.32 Å². The summed E-state index contributed by atoms with van der Waals surface area (Å²) in [6.07, 6.45) is 2.14. The van der Waals surface area contributed by atoms with Gasteiger partial charge in [0.1, 0.15) is 5.84 Å². The molecule has 5 heteroatoms. The molecule has 0 spiro atoms. The largest absolute Gasteiger partial charge is 0.409 e. The van der Waals surface area contributed by atoms with Crippen LogP contribution in [0.2, 0.25) is 0 Å². The van der Waals surface area contributed by atoms with E-state index in [1.807, 2.05) is 37.3 Å². The van der Waals surface area contributed by atoms with Gasteiger partial charge >= 0.3 is 0 Å². The highest BCUT2D eigenvalue weighted by molar-refractivity contribution is 5.83. The van der Waals surface area contributed by atoms with Gasteiger partial charge in [0.2, 0.25) is 5.91 Å². The van der Waals surface area contributed by atoms with Crippen LogP contribution in [0.5, 0.6) is 0 Å². The SMILES string of the molecule is CC(C(=O)NCCCC/C(N)=N/O)c1ccccc1. The molecule has 1 rings (SSSR count). The zero-order valence-corrected chi connectivity index (χ0v) is 11.2. The summed E-state index contributed by atoms with van der Waals surface area (Å²) >= 11 is 0. The Labute approximate surface area is 113 Å². The van der Waals surface area contributed by atoms with E-state index in [-0.39, 0.29) is 17.7 Å². The van der Waals surface area contributed by atoms with E-state index < -0.39 is 0 Å². The minimum absolute atomic E-state index is 0.0231. The number of hydrogen-bond acceptors (Lipinski definition) is 3. The Balaban J connectivity index is 2.24. The summed E-state index contributed by atoms with van der Waals surface area (Å²) < 4.78 is 0. The van der Waals surface area contributed by atoms with Gasteiger partial charge in [0, 0.05) is 13.0 Å². The first-order valence-corrected chi connectivity index (χ1v) is 6.44. The van der Waals surface area contributed by atoms with Gasteiger partial charge in [-0.05, 0) is 25.3 Å². The Bertz CT molecular complexity index is 418. The fourth-order valence-electron chi connectivity index (χ4n) is 1.74. The van der Waals surface area contributed by atoms with E-state index in [0.29, 0.717) is 13.0 Å². The number of nitrogens with one attached hydrogen (secondary N) is 1. The van der Waals surface area contributed by atoms with Gasteiger partial charge in [-0.25, -0.2) is 0 Å². The Kier molecular flexibility index (Phi) is 6.43. The molecule has 0 radical (unpaired) electrons. The van der Waals surface area contributed by atoms with Crippen LogP contribution in [-0.2, 0) is 4.79 Å². The molecule has 19 heavy (non-hydrogen) atoms. The van der Waals surface area contributed by atoms with Crippen molar-refractivity contribution in [3.05, 3.63) is 35.9 Å². The average molecular weight is 263 g/mol. The predicted octanol–water partition coefficient (Wildman–Crippen LogP) is 1.82. The summed E-state index contributed by atoms with van der Waals surface area (Å²) in [5.41, 5.74) is 6.36. The van der Waals surface area contributed by atoms with Gasteiger partial charge in [-0.1, -0.05) is 35.5 Å².